The van der Waals surface area contributed by atoms with E-state index in [0.29, 0.717) is 26.1 Å². The Morgan fingerprint density at radius 1 is 1.17 bits per heavy atom. The number of alkyl carbamates (subject to hydrolysis) is 1. The van der Waals surface area contributed by atoms with Gasteiger partial charge in [0.05, 0.1) is 18.3 Å². The first kappa shape index (κ1) is 24.3. The average Bonchev–Trinajstić information content (AvgIpc) is 2.78. The molecule has 192 valence electrons. The van der Waals surface area contributed by atoms with E-state index in [0.717, 1.165) is 34.8 Å². The highest BCUT2D eigenvalue weighted by molar-refractivity contribution is 5.82. The van der Waals surface area contributed by atoms with Gasteiger partial charge in [0.25, 0.3) is 0 Å². The summed E-state index contributed by atoms with van der Waals surface area (Å²) >= 11 is 0. The number of hydrogen-bond donors (Lipinski definition) is 3. The Bertz CT molecular complexity index is 940. The molecule has 1 aromatic heterocycles. The van der Waals surface area contributed by atoms with Gasteiger partial charge in [-0.05, 0) is 88.9 Å². The molecule has 4 bridgehead atoms. The predicted octanol–water partition coefficient (Wildman–Crippen LogP) is 2.88. The maximum absolute atomic E-state index is 12.6. The maximum Gasteiger partial charge on any atom is 0.408 e. The molecule has 35 heavy (non-hydrogen) atoms. The van der Waals surface area contributed by atoms with Gasteiger partial charge in [0.2, 0.25) is 5.91 Å². The molecule has 2 amide bonds. The van der Waals surface area contributed by atoms with Gasteiger partial charge in [0, 0.05) is 18.7 Å². The highest BCUT2D eigenvalue weighted by Crippen LogP contribution is 2.61. The minimum atomic E-state index is -0.610. The first-order valence-electron chi connectivity index (χ1n) is 13.1. The quantitative estimate of drug-likeness (QED) is 0.567. The van der Waals surface area contributed by atoms with Crippen molar-refractivity contribution in [3.63, 3.8) is 0 Å². The van der Waals surface area contributed by atoms with Crippen LogP contribution < -0.4 is 10.6 Å². The summed E-state index contributed by atoms with van der Waals surface area (Å²) in [7, 11) is 0. The summed E-state index contributed by atoms with van der Waals surface area (Å²) in [5.74, 6) is 2.99. The normalized spacial score (nSPS) is 29.9. The van der Waals surface area contributed by atoms with Gasteiger partial charge >= 0.3 is 6.09 Å². The molecule has 6 rings (SSSR count). The van der Waals surface area contributed by atoms with E-state index in [2.05, 4.69) is 20.6 Å². The van der Waals surface area contributed by atoms with Crippen LogP contribution in [0.15, 0.2) is 6.33 Å². The Morgan fingerprint density at radius 3 is 2.46 bits per heavy atom. The van der Waals surface area contributed by atoms with Crippen molar-refractivity contribution < 1.29 is 19.4 Å². The van der Waals surface area contributed by atoms with Crippen LogP contribution in [0, 0.1) is 23.2 Å². The van der Waals surface area contributed by atoms with Crippen LogP contribution in [0.3, 0.4) is 0 Å². The van der Waals surface area contributed by atoms with Gasteiger partial charge < -0.3 is 25.4 Å². The Hall–Kier alpha value is -2.42. The molecule has 0 aromatic carbocycles. The zero-order chi connectivity index (χ0) is 24.8. The first-order chi connectivity index (χ1) is 16.6. The number of nitrogens with zero attached hydrogens (tertiary/aromatic N) is 3. The summed E-state index contributed by atoms with van der Waals surface area (Å²) in [4.78, 5) is 35.1. The van der Waals surface area contributed by atoms with E-state index in [-0.39, 0.29) is 24.0 Å². The maximum atomic E-state index is 12.6. The Kier molecular flexibility index (Phi) is 6.40. The Balaban J connectivity index is 1.16. The van der Waals surface area contributed by atoms with Crippen molar-refractivity contribution in [2.75, 3.05) is 25.0 Å². The van der Waals surface area contributed by atoms with Gasteiger partial charge in [-0.15, -0.1) is 0 Å². The molecule has 0 radical (unpaired) electrons. The van der Waals surface area contributed by atoms with Crippen LogP contribution in [0.1, 0.15) is 70.6 Å². The molecule has 9 nitrogen and oxygen atoms in total. The van der Waals surface area contributed by atoms with Crippen molar-refractivity contribution in [1.82, 2.24) is 20.2 Å². The van der Waals surface area contributed by atoms with Crippen LogP contribution >= 0.6 is 0 Å². The van der Waals surface area contributed by atoms with Crippen molar-refractivity contribution in [3.05, 3.63) is 17.6 Å². The monoisotopic (exact) mass is 485 g/mol. The molecule has 4 saturated carbocycles. The zero-order valence-electron chi connectivity index (χ0n) is 21.2. The van der Waals surface area contributed by atoms with E-state index in [1.807, 2.05) is 0 Å². The number of anilines is 1. The van der Waals surface area contributed by atoms with E-state index < -0.39 is 11.7 Å². The van der Waals surface area contributed by atoms with Crippen molar-refractivity contribution in [3.8, 4) is 0 Å². The highest BCUT2D eigenvalue weighted by atomic mass is 16.6. The van der Waals surface area contributed by atoms with Crippen molar-refractivity contribution in [2.24, 2.45) is 23.2 Å². The molecule has 5 aliphatic rings. The van der Waals surface area contributed by atoms with E-state index in [4.69, 9.17) is 4.74 Å². The lowest BCUT2D eigenvalue weighted by molar-refractivity contribution is -0.131. The number of aliphatic hydroxyl groups excluding tert-OH is 1. The Labute approximate surface area is 207 Å². The molecule has 0 spiro atoms. The third-order valence-corrected chi connectivity index (χ3v) is 8.40. The molecular weight excluding hydrogens is 446 g/mol. The van der Waals surface area contributed by atoms with Gasteiger partial charge in [-0.1, -0.05) is 0 Å². The number of ether oxygens (including phenoxy) is 1. The van der Waals surface area contributed by atoms with Crippen LogP contribution in [0.25, 0.3) is 0 Å². The standard InChI is InChI=1S/C26H39N5O4/c1-25(2,3)35-24(34)28-13-22(33)31-5-4-19-20(14-31)29-15-30-23(19)27-12-21(32)26-9-16-6-17(10-26)8-18(7-16)11-26/h15-18,21,32H,4-14H2,1-3H3,(H,28,34)(H,27,29,30). The van der Waals surface area contributed by atoms with Crippen molar-refractivity contribution >= 4 is 17.8 Å². The fourth-order valence-electron chi connectivity index (χ4n) is 7.29. The number of nitrogens with one attached hydrogen (secondary N) is 2. The van der Waals surface area contributed by atoms with E-state index in [1.54, 1.807) is 25.7 Å². The number of fused-ring (bicyclic) bond motifs is 1. The third-order valence-electron chi connectivity index (χ3n) is 8.40. The number of carbonyl (C=O) groups is 2. The number of aliphatic hydroxyl groups is 1. The van der Waals surface area contributed by atoms with Crippen molar-refractivity contribution in [2.45, 2.75) is 84.0 Å². The van der Waals surface area contributed by atoms with E-state index in [9.17, 15) is 14.7 Å². The molecule has 4 fully saturated rings. The van der Waals surface area contributed by atoms with Crippen LogP contribution in [0.5, 0.6) is 0 Å². The molecular formula is C26H39N5O4. The fourth-order valence-corrected chi connectivity index (χ4v) is 7.29. The lowest BCUT2D eigenvalue weighted by Crippen LogP contribution is -2.53. The average molecular weight is 486 g/mol. The summed E-state index contributed by atoms with van der Waals surface area (Å²) in [6.07, 6.45) is 8.75. The summed E-state index contributed by atoms with van der Waals surface area (Å²) in [6.45, 7) is 6.63. The SMILES string of the molecule is CC(C)(C)OC(=O)NCC(=O)N1CCc2c(ncnc2NCC(O)C23CC4CC(CC(C4)C2)C3)C1. The van der Waals surface area contributed by atoms with E-state index >= 15 is 0 Å². The van der Waals surface area contributed by atoms with Gasteiger partial charge in [0.15, 0.2) is 0 Å². The molecule has 0 saturated heterocycles. The molecule has 1 atom stereocenters. The number of amides is 2. The van der Waals surface area contributed by atoms with Crippen LogP contribution in [0.4, 0.5) is 10.6 Å². The number of aromatic nitrogens is 2. The number of carbonyl (C=O) groups excluding carboxylic acids is 2. The molecule has 9 heteroatoms. The van der Waals surface area contributed by atoms with Crippen molar-refractivity contribution in [1.29, 1.82) is 0 Å². The number of hydrogen-bond acceptors (Lipinski definition) is 7. The molecule has 2 heterocycles. The molecule has 1 unspecified atom stereocenters. The second kappa shape index (κ2) is 9.22. The minimum Gasteiger partial charge on any atom is -0.444 e. The Morgan fingerprint density at radius 2 is 1.83 bits per heavy atom. The summed E-state index contributed by atoms with van der Waals surface area (Å²) < 4.78 is 5.20. The first-order valence-corrected chi connectivity index (χ1v) is 13.1. The second-order valence-corrected chi connectivity index (χ2v) is 12.2. The molecule has 1 aliphatic heterocycles. The van der Waals surface area contributed by atoms with Crippen LogP contribution in [-0.4, -0.2) is 63.3 Å². The smallest absolute Gasteiger partial charge is 0.408 e. The van der Waals surface area contributed by atoms with E-state index in [1.165, 1.54) is 44.9 Å². The lowest BCUT2D eigenvalue weighted by Gasteiger charge is -2.58. The predicted molar refractivity (Wildman–Crippen MR) is 130 cm³/mol. The van der Waals surface area contributed by atoms with Crippen LogP contribution in [-0.2, 0) is 22.5 Å². The molecule has 1 aromatic rings. The number of rotatable bonds is 6. The van der Waals surface area contributed by atoms with Gasteiger partial charge in [-0.25, -0.2) is 14.8 Å². The largest absolute Gasteiger partial charge is 0.444 e. The second-order valence-electron chi connectivity index (χ2n) is 12.2. The fraction of sp³-hybridized carbons (Fsp3) is 0.769. The summed E-state index contributed by atoms with van der Waals surface area (Å²) in [5, 5.41) is 17.2. The van der Waals surface area contributed by atoms with Gasteiger partial charge in [-0.3, -0.25) is 4.79 Å². The van der Waals surface area contributed by atoms with Gasteiger partial charge in [-0.2, -0.15) is 0 Å². The summed E-state index contributed by atoms with van der Waals surface area (Å²) in [5.41, 5.74) is 1.28. The van der Waals surface area contributed by atoms with Gasteiger partial charge in [0.1, 0.15) is 24.3 Å². The minimum absolute atomic E-state index is 0.0686. The lowest BCUT2D eigenvalue weighted by atomic mass is 9.48. The third kappa shape index (κ3) is 5.25. The molecule has 3 N–H and O–H groups in total. The highest BCUT2D eigenvalue weighted by Gasteiger charge is 2.53. The topological polar surface area (TPSA) is 117 Å². The summed E-state index contributed by atoms with van der Waals surface area (Å²) in [6, 6.07) is 0. The van der Waals surface area contributed by atoms with Crippen LogP contribution in [0.2, 0.25) is 0 Å². The zero-order valence-corrected chi connectivity index (χ0v) is 21.2. The molecule has 4 aliphatic carbocycles.